The van der Waals surface area contributed by atoms with Crippen molar-refractivity contribution in [1.82, 2.24) is 10.6 Å². The second-order valence-electron chi connectivity index (χ2n) is 6.50. The summed E-state index contributed by atoms with van der Waals surface area (Å²) < 4.78 is 0. The van der Waals surface area contributed by atoms with Crippen LogP contribution >= 0.6 is 12.2 Å². The van der Waals surface area contributed by atoms with Crippen LogP contribution in [0.5, 0.6) is 0 Å². The van der Waals surface area contributed by atoms with Crippen molar-refractivity contribution in [3.8, 4) is 0 Å². The molecular formula is C16H21N3O3S. The van der Waals surface area contributed by atoms with Crippen LogP contribution in [-0.4, -0.2) is 27.7 Å². The lowest BCUT2D eigenvalue weighted by Gasteiger charge is -2.25. The van der Waals surface area contributed by atoms with Gasteiger partial charge in [0.25, 0.3) is 5.69 Å². The van der Waals surface area contributed by atoms with Crippen molar-refractivity contribution >= 4 is 23.0 Å². The number of hydrogen-bond donors (Lipinski definition) is 3. The third-order valence-electron chi connectivity index (χ3n) is 5.00. The van der Waals surface area contributed by atoms with Crippen molar-refractivity contribution in [2.24, 2.45) is 11.8 Å². The molecule has 6 nitrogen and oxygen atoms in total. The smallest absolute Gasteiger partial charge is 0.269 e. The summed E-state index contributed by atoms with van der Waals surface area (Å²) in [5.41, 5.74) is 0.646. The predicted molar refractivity (Wildman–Crippen MR) is 91.0 cm³/mol. The molecule has 2 fully saturated rings. The zero-order valence-corrected chi connectivity index (χ0v) is 13.6. The van der Waals surface area contributed by atoms with E-state index in [1.54, 1.807) is 12.1 Å². The van der Waals surface area contributed by atoms with Gasteiger partial charge in [0.1, 0.15) is 0 Å². The van der Waals surface area contributed by atoms with E-state index < -0.39 is 11.0 Å². The molecule has 124 valence electrons. The van der Waals surface area contributed by atoms with Gasteiger partial charge in [-0.3, -0.25) is 10.1 Å². The molecule has 0 saturated heterocycles. The average molecular weight is 335 g/mol. The lowest BCUT2D eigenvalue weighted by molar-refractivity contribution is -0.384. The summed E-state index contributed by atoms with van der Waals surface area (Å²) in [5.74, 6) is 1.59. The fourth-order valence-corrected chi connectivity index (χ4v) is 4.00. The van der Waals surface area contributed by atoms with E-state index in [1.165, 1.54) is 37.8 Å². The van der Waals surface area contributed by atoms with Crippen LogP contribution in [0.2, 0.25) is 0 Å². The molecule has 0 unspecified atom stereocenters. The Morgan fingerprint density at radius 1 is 1.35 bits per heavy atom. The van der Waals surface area contributed by atoms with Crippen molar-refractivity contribution in [2.75, 3.05) is 6.54 Å². The zero-order chi connectivity index (χ0) is 16.4. The summed E-state index contributed by atoms with van der Waals surface area (Å²) in [4.78, 5) is 10.2. The summed E-state index contributed by atoms with van der Waals surface area (Å²) in [7, 11) is 0. The van der Waals surface area contributed by atoms with Gasteiger partial charge in [-0.25, -0.2) is 0 Å². The molecule has 1 aromatic carbocycles. The zero-order valence-electron chi connectivity index (χ0n) is 12.8. The number of non-ortho nitro benzene ring substituents is 1. The molecule has 2 saturated carbocycles. The van der Waals surface area contributed by atoms with Crippen LogP contribution in [0.25, 0.3) is 0 Å². The molecule has 4 atom stereocenters. The van der Waals surface area contributed by atoms with Gasteiger partial charge in [-0.1, -0.05) is 6.42 Å². The van der Waals surface area contributed by atoms with Gasteiger partial charge in [0.15, 0.2) is 5.11 Å². The molecule has 2 aliphatic carbocycles. The predicted octanol–water partition coefficient (Wildman–Crippen LogP) is 2.28. The molecule has 0 aliphatic heterocycles. The monoisotopic (exact) mass is 335 g/mol. The van der Waals surface area contributed by atoms with Crippen molar-refractivity contribution in [3.63, 3.8) is 0 Å². The van der Waals surface area contributed by atoms with E-state index in [0.717, 1.165) is 11.8 Å². The van der Waals surface area contributed by atoms with Crippen LogP contribution in [0.3, 0.4) is 0 Å². The van der Waals surface area contributed by atoms with Gasteiger partial charge in [-0.15, -0.1) is 0 Å². The van der Waals surface area contributed by atoms with Crippen LogP contribution in [0.4, 0.5) is 5.69 Å². The highest BCUT2D eigenvalue weighted by Crippen LogP contribution is 2.44. The van der Waals surface area contributed by atoms with Crippen molar-refractivity contribution < 1.29 is 10.0 Å². The number of aliphatic hydroxyl groups is 1. The highest BCUT2D eigenvalue weighted by atomic mass is 32.1. The number of aliphatic hydroxyl groups excluding tert-OH is 1. The number of nitro benzene ring substituents is 1. The fourth-order valence-electron chi connectivity index (χ4n) is 3.77. The molecule has 1 aromatic rings. The molecule has 23 heavy (non-hydrogen) atoms. The number of rotatable bonds is 5. The molecule has 0 heterocycles. The number of fused-ring (bicyclic) bond motifs is 2. The summed E-state index contributed by atoms with van der Waals surface area (Å²) in [6.45, 7) is 0.282. The van der Waals surface area contributed by atoms with Crippen LogP contribution in [0.15, 0.2) is 24.3 Å². The highest BCUT2D eigenvalue weighted by Gasteiger charge is 2.39. The van der Waals surface area contributed by atoms with Crippen LogP contribution in [-0.2, 0) is 0 Å². The maximum atomic E-state index is 10.6. The van der Waals surface area contributed by atoms with Gasteiger partial charge in [0.05, 0.1) is 11.0 Å². The lowest BCUT2D eigenvalue weighted by atomic mass is 9.96. The maximum Gasteiger partial charge on any atom is 0.269 e. The summed E-state index contributed by atoms with van der Waals surface area (Å²) >= 11 is 5.31. The first-order valence-corrected chi connectivity index (χ1v) is 8.40. The number of benzene rings is 1. The summed E-state index contributed by atoms with van der Waals surface area (Å²) in [6, 6.07) is 6.38. The first kappa shape index (κ1) is 16.1. The van der Waals surface area contributed by atoms with Crippen molar-refractivity contribution in [1.29, 1.82) is 0 Å². The molecule has 0 radical (unpaired) electrons. The number of thiocarbonyl (C=S) groups is 1. The van der Waals surface area contributed by atoms with Gasteiger partial charge < -0.3 is 15.7 Å². The standard InChI is InChI=1S/C16H21N3O3S/c20-15(11-3-5-13(6-4-11)19(21)22)9-17-16(23)18-14-8-10-1-2-12(14)7-10/h3-6,10,12,14-15,20H,1-2,7-9H2,(H2,17,18,23)/t10-,12-,14-,15-/m0/s1. The minimum Gasteiger partial charge on any atom is -0.387 e. The largest absolute Gasteiger partial charge is 0.387 e. The second-order valence-corrected chi connectivity index (χ2v) is 6.91. The van der Waals surface area contributed by atoms with Crippen LogP contribution in [0, 0.1) is 22.0 Å². The molecule has 0 aromatic heterocycles. The minimum atomic E-state index is -0.754. The summed E-state index contributed by atoms with van der Waals surface area (Å²) in [5, 5.41) is 27.7. The second kappa shape index (κ2) is 6.80. The Morgan fingerprint density at radius 3 is 2.65 bits per heavy atom. The Labute approximate surface area is 140 Å². The van der Waals surface area contributed by atoms with Gasteiger partial charge in [0, 0.05) is 24.7 Å². The topological polar surface area (TPSA) is 87.4 Å². The fraction of sp³-hybridized carbons (Fsp3) is 0.562. The SMILES string of the molecule is O=[N+]([O-])c1ccc([C@@H](O)CNC(=S)N[C@H]2C[C@H]3CC[C@H]2C3)cc1. The van der Waals surface area contributed by atoms with Gasteiger partial charge >= 0.3 is 0 Å². The quantitative estimate of drug-likeness (QED) is 0.435. The lowest BCUT2D eigenvalue weighted by Crippen LogP contribution is -2.45. The normalized spacial score (nSPS) is 26.7. The van der Waals surface area contributed by atoms with Crippen LogP contribution < -0.4 is 10.6 Å². The first-order chi connectivity index (χ1) is 11.0. The number of nitro groups is 1. The van der Waals surface area contributed by atoms with Crippen molar-refractivity contribution in [3.05, 3.63) is 39.9 Å². The molecule has 2 bridgehead atoms. The Hall–Kier alpha value is -1.73. The molecular weight excluding hydrogens is 314 g/mol. The third kappa shape index (κ3) is 3.79. The molecule has 2 aliphatic rings. The Kier molecular flexibility index (Phi) is 4.77. The van der Waals surface area contributed by atoms with Crippen molar-refractivity contribution in [2.45, 2.75) is 37.8 Å². The molecule has 7 heteroatoms. The Balaban J connectivity index is 1.45. The van der Waals surface area contributed by atoms with Crippen LogP contribution in [0.1, 0.15) is 37.4 Å². The number of hydrogen-bond acceptors (Lipinski definition) is 4. The Morgan fingerprint density at radius 2 is 2.09 bits per heavy atom. The number of nitrogens with one attached hydrogen (secondary N) is 2. The van der Waals surface area contributed by atoms with Gasteiger partial charge in [-0.05, 0) is 61.0 Å². The van der Waals surface area contributed by atoms with E-state index >= 15 is 0 Å². The molecule has 3 N–H and O–H groups in total. The molecule has 0 amide bonds. The maximum absolute atomic E-state index is 10.6. The van der Waals surface area contributed by atoms with E-state index in [9.17, 15) is 15.2 Å². The average Bonchev–Trinajstić information content (AvgIpc) is 3.15. The van der Waals surface area contributed by atoms with E-state index in [0.29, 0.717) is 16.7 Å². The summed E-state index contributed by atoms with van der Waals surface area (Å²) in [6.07, 6.45) is 4.39. The van der Waals surface area contributed by atoms with Gasteiger partial charge in [0.2, 0.25) is 0 Å². The van der Waals surface area contributed by atoms with Gasteiger partial charge in [-0.2, -0.15) is 0 Å². The third-order valence-corrected chi connectivity index (χ3v) is 5.26. The van der Waals surface area contributed by atoms with E-state index in [4.69, 9.17) is 12.2 Å². The molecule has 3 rings (SSSR count). The van der Waals surface area contributed by atoms with E-state index in [-0.39, 0.29) is 12.2 Å². The molecule has 0 spiro atoms. The van der Waals surface area contributed by atoms with E-state index in [2.05, 4.69) is 10.6 Å². The minimum absolute atomic E-state index is 0.0161. The highest BCUT2D eigenvalue weighted by molar-refractivity contribution is 7.80. The van der Waals surface area contributed by atoms with E-state index in [1.807, 2.05) is 0 Å². The number of nitrogens with zero attached hydrogens (tertiary/aromatic N) is 1. The Bertz CT molecular complexity index is 593. The first-order valence-electron chi connectivity index (χ1n) is 7.99.